The van der Waals surface area contributed by atoms with Gasteiger partial charge in [0.25, 0.3) is 0 Å². The van der Waals surface area contributed by atoms with Gasteiger partial charge in [-0.2, -0.15) is 0 Å². The summed E-state index contributed by atoms with van der Waals surface area (Å²) in [5.74, 6) is 4.03. The van der Waals surface area contributed by atoms with Crippen molar-refractivity contribution in [3.05, 3.63) is 102 Å². The average Bonchev–Trinajstić information content (AvgIpc) is 3.59. The zero-order valence-corrected chi connectivity index (χ0v) is 22.1. The van der Waals surface area contributed by atoms with Crippen LogP contribution in [0.2, 0.25) is 0 Å². The third-order valence-electron chi connectivity index (χ3n) is 10.9. The van der Waals surface area contributed by atoms with Crippen LogP contribution < -0.4 is 0 Å². The van der Waals surface area contributed by atoms with Gasteiger partial charge in [0.15, 0.2) is 0 Å². The monoisotopic (exact) mass is 505 g/mol. The summed E-state index contributed by atoms with van der Waals surface area (Å²) in [6.07, 6.45) is 9.61. The molecule has 0 radical (unpaired) electrons. The molecule has 0 spiro atoms. The third-order valence-corrected chi connectivity index (χ3v) is 10.9. The Hall–Kier alpha value is -3.85. The van der Waals surface area contributed by atoms with E-state index in [1.54, 1.807) is 5.56 Å². The molecule has 0 N–H and O–H groups in total. The van der Waals surface area contributed by atoms with E-state index in [9.17, 15) is 0 Å². The van der Waals surface area contributed by atoms with Crippen LogP contribution in [0.4, 0.5) is 0 Å². The quantitative estimate of drug-likeness (QED) is 0.231. The van der Waals surface area contributed by atoms with Gasteiger partial charge in [-0.15, -0.1) is 0 Å². The van der Waals surface area contributed by atoms with Gasteiger partial charge in [-0.1, -0.05) is 42.5 Å². The second-order valence-electron chi connectivity index (χ2n) is 13.1. The summed E-state index contributed by atoms with van der Waals surface area (Å²) in [5, 5.41) is 2.78. The van der Waals surface area contributed by atoms with Gasteiger partial charge < -0.3 is 4.57 Å². The molecular formula is C36H31N3. The molecule has 4 bridgehead atoms. The molecule has 4 aliphatic carbocycles. The number of para-hydroxylation sites is 3. The number of hydrogen-bond donors (Lipinski definition) is 0. The van der Waals surface area contributed by atoms with Crippen LogP contribution in [-0.4, -0.2) is 14.1 Å². The van der Waals surface area contributed by atoms with E-state index in [1.807, 2.05) is 0 Å². The number of imidazole rings is 1. The molecule has 2 aromatic heterocycles. The van der Waals surface area contributed by atoms with Crippen LogP contribution in [0, 0.1) is 17.8 Å². The summed E-state index contributed by atoms with van der Waals surface area (Å²) in [5.41, 5.74) is 10.8. The van der Waals surface area contributed by atoms with Gasteiger partial charge in [0, 0.05) is 22.9 Å². The highest BCUT2D eigenvalue weighted by atomic mass is 15.1. The number of benzene rings is 4. The Morgan fingerprint density at radius 3 is 2.18 bits per heavy atom. The van der Waals surface area contributed by atoms with Gasteiger partial charge in [0.1, 0.15) is 5.82 Å². The first-order valence-corrected chi connectivity index (χ1v) is 14.9. The first kappa shape index (κ1) is 21.0. The molecule has 3 heteroatoms. The Labute approximate surface area is 228 Å². The van der Waals surface area contributed by atoms with E-state index in [1.165, 1.54) is 82.8 Å². The average molecular weight is 506 g/mol. The van der Waals surface area contributed by atoms with Crippen LogP contribution in [0.25, 0.3) is 44.2 Å². The van der Waals surface area contributed by atoms with Gasteiger partial charge in [0.2, 0.25) is 0 Å². The van der Waals surface area contributed by atoms with Gasteiger partial charge in [-0.3, -0.25) is 4.57 Å². The van der Waals surface area contributed by atoms with Crippen molar-refractivity contribution in [3.8, 4) is 11.4 Å². The molecule has 0 amide bonds. The Morgan fingerprint density at radius 1 is 0.641 bits per heavy atom. The summed E-state index contributed by atoms with van der Waals surface area (Å²) < 4.78 is 4.86. The van der Waals surface area contributed by atoms with Crippen molar-refractivity contribution in [3.63, 3.8) is 0 Å². The van der Waals surface area contributed by atoms with Crippen LogP contribution in [0.15, 0.2) is 84.9 Å². The summed E-state index contributed by atoms with van der Waals surface area (Å²) in [4.78, 5) is 4.94. The topological polar surface area (TPSA) is 22.8 Å². The fourth-order valence-electron chi connectivity index (χ4n) is 9.73. The van der Waals surface area contributed by atoms with Crippen molar-refractivity contribution in [1.29, 1.82) is 0 Å². The van der Waals surface area contributed by atoms with E-state index >= 15 is 0 Å². The molecule has 0 saturated heterocycles. The van der Waals surface area contributed by atoms with Crippen LogP contribution in [0.5, 0.6) is 0 Å². The van der Waals surface area contributed by atoms with Crippen molar-refractivity contribution in [2.45, 2.75) is 50.4 Å². The van der Waals surface area contributed by atoms with E-state index < -0.39 is 0 Å². The SMILES string of the molecule is c1ccc2c(c1)nc1n2-c2cc(-n3c4ccccc4c4cc(C56CC7CC(CC(C7)C5)C6)ccc43)ccc2C1. The van der Waals surface area contributed by atoms with Crippen LogP contribution >= 0.6 is 0 Å². The summed E-state index contributed by atoms with van der Waals surface area (Å²) in [6, 6.07) is 32.1. The minimum atomic E-state index is 0.415. The zero-order valence-electron chi connectivity index (χ0n) is 22.1. The third kappa shape index (κ3) is 2.76. The maximum Gasteiger partial charge on any atom is 0.118 e. The Morgan fingerprint density at radius 2 is 1.36 bits per heavy atom. The second kappa shape index (κ2) is 7.21. The highest BCUT2D eigenvalue weighted by Gasteiger charge is 2.51. The van der Waals surface area contributed by atoms with Gasteiger partial charge in [0.05, 0.1) is 27.8 Å². The molecule has 3 nitrogen and oxygen atoms in total. The number of aromatic nitrogens is 3. The lowest BCUT2D eigenvalue weighted by molar-refractivity contribution is -0.00512. The molecule has 6 aromatic rings. The Bertz CT molecular complexity index is 1950. The van der Waals surface area contributed by atoms with Crippen molar-refractivity contribution < 1.29 is 0 Å². The molecule has 190 valence electrons. The molecule has 0 unspecified atom stereocenters. The minimum Gasteiger partial charge on any atom is -0.309 e. The number of nitrogens with zero attached hydrogens (tertiary/aromatic N) is 3. The smallest absolute Gasteiger partial charge is 0.118 e. The summed E-state index contributed by atoms with van der Waals surface area (Å²) >= 11 is 0. The van der Waals surface area contributed by atoms with Gasteiger partial charge in [-0.25, -0.2) is 4.98 Å². The summed E-state index contributed by atoms with van der Waals surface area (Å²) in [6.45, 7) is 0. The normalized spacial score (nSPS) is 26.6. The first-order valence-electron chi connectivity index (χ1n) is 14.9. The molecule has 4 saturated carbocycles. The van der Waals surface area contributed by atoms with Crippen molar-refractivity contribution >= 4 is 32.8 Å². The molecule has 1 aliphatic heterocycles. The van der Waals surface area contributed by atoms with Crippen molar-refractivity contribution in [2.75, 3.05) is 0 Å². The minimum absolute atomic E-state index is 0.415. The molecule has 5 aliphatic rings. The van der Waals surface area contributed by atoms with Crippen molar-refractivity contribution in [1.82, 2.24) is 14.1 Å². The van der Waals surface area contributed by atoms with Crippen LogP contribution in [0.1, 0.15) is 55.5 Å². The molecule has 4 fully saturated rings. The molecule has 11 rings (SSSR count). The van der Waals surface area contributed by atoms with Crippen molar-refractivity contribution in [2.24, 2.45) is 17.8 Å². The molecule has 0 atom stereocenters. The highest BCUT2D eigenvalue weighted by Crippen LogP contribution is 2.61. The van der Waals surface area contributed by atoms with E-state index in [-0.39, 0.29) is 0 Å². The maximum atomic E-state index is 4.94. The Kier molecular flexibility index (Phi) is 3.89. The van der Waals surface area contributed by atoms with Gasteiger partial charge in [-0.05, 0) is 115 Å². The predicted octanol–water partition coefficient (Wildman–Crippen LogP) is 8.49. The molecular weight excluding hydrogens is 474 g/mol. The molecule has 4 aromatic carbocycles. The lowest BCUT2D eigenvalue weighted by atomic mass is 9.48. The number of fused-ring (bicyclic) bond motifs is 8. The number of hydrogen-bond acceptors (Lipinski definition) is 1. The number of rotatable bonds is 2. The highest BCUT2D eigenvalue weighted by molar-refractivity contribution is 6.09. The largest absolute Gasteiger partial charge is 0.309 e. The standard InChI is InChI=1S/C36H31N3/c1-3-7-31-28(5-1)29-17-26(36-19-22-13-23(20-36)15-24(14-22)21-36)10-12-32(29)38(31)27-11-9-25-16-35-37-30-6-2-4-8-33(30)39(35)34(25)18-27/h1-12,17-18,22-24H,13-16,19-21H2. The fraction of sp³-hybridized carbons (Fsp3) is 0.306. The maximum absolute atomic E-state index is 4.94. The summed E-state index contributed by atoms with van der Waals surface area (Å²) in [7, 11) is 0. The van der Waals surface area contributed by atoms with E-state index in [4.69, 9.17) is 4.98 Å². The second-order valence-corrected chi connectivity index (χ2v) is 13.1. The molecule has 3 heterocycles. The lowest BCUT2D eigenvalue weighted by Gasteiger charge is -2.57. The van der Waals surface area contributed by atoms with E-state index in [2.05, 4.69) is 94.1 Å². The predicted molar refractivity (Wildman–Crippen MR) is 158 cm³/mol. The van der Waals surface area contributed by atoms with Crippen LogP contribution in [-0.2, 0) is 11.8 Å². The van der Waals surface area contributed by atoms with Crippen LogP contribution in [0.3, 0.4) is 0 Å². The fourth-order valence-corrected chi connectivity index (χ4v) is 9.73. The lowest BCUT2D eigenvalue weighted by Crippen LogP contribution is -2.48. The molecule has 39 heavy (non-hydrogen) atoms. The van der Waals surface area contributed by atoms with E-state index in [0.29, 0.717) is 5.41 Å². The van der Waals surface area contributed by atoms with Gasteiger partial charge >= 0.3 is 0 Å². The first-order chi connectivity index (χ1) is 19.2. The Balaban J connectivity index is 1.17. The zero-order chi connectivity index (χ0) is 25.3. The van der Waals surface area contributed by atoms with E-state index in [0.717, 1.165) is 35.5 Å².